The minimum absolute atomic E-state index is 0.0941. The van der Waals surface area contributed by atoms with Crippen LogP contribution in [0.25, 0.3) is 5.69 Å². The first-order valence-electron chi connectivity index (χ1n) is 10.2. The van der Waals surface area contributed by atoms with E-state index in [9.17, 15) is 28.1 Å². The Labute approximate surface area is 195 Å². The maximum atomic E-state index is 13.0. The maximum Gasteiger partial charge on any atom is 0.296 e. The van der Waals surface area contributed by atoms with Gasteiger partial charge in [-0.1, -0.05) is 18.2 Å². The van der Waals surface area contributed by atoms with Gasteiger partial charge in [0.1, 0.15) is 11.4 Å². The van der Waals surface area contributed by atoms with Crippen LogP contribution >= 0.6 is 0 Å². The van der Waals surface area contributed by atoms with E-state index in [1.807, 2.05) is 0 Å². The number of nitrogens with one attached hydrogen (secondary N) is 3. The van der Waals surface area contributed by atoms with E-state index in [4.69, 9.17) is 0 Å². The highest BCUT2D eigenvalue weighted by Gasteiger charge is 2.25. The molecule has 0 aliphatic rings. The average Bonchev–Trinajstić information content (AvgIpc) is 2.99. The summed E-state index contributed by atoms with van der Waals surface area (Å²) in [5, 5.41) is 16.9. The smallest absolute Gasteiger partial charge is 0.296 e. The minimum atomic E-state index is -4.32. The number of aromatic nitrogens is 2. The van der Waals surface area contributed by atoms with Crippen molar-refractivity contribution >= 4 is 33.0 Å². The zero-order valence-electron chi connectivity index (χ0n) is 18.7. The lowest BCUT2D eigenvalue weighted by molar-refractivity contribution is -0.384. The van der Waals surface area contributed by atoms with Gasteiger partial charge in [0.2, 0.25) is 5.91 Å². The molecule has 0 aliphatic heterocycles. The van der Waals surface area contributed by atoms with Crippen molar-refractivity contribution in [1.29, 1.82) is 0 Å². The fraction of sp³-hybridized carbons (Fsp3) is 0.238. The normalized spacial score (nSPS) is 11.1. The van der Waals surface area contributed by atoms with Gasteiger partial charge in [0.25, 0.3) is 21.3 Å². The lowest BCUT2D eigenvalue weighted by atomic mass is 10.2. The molecule has 0 radical (unpaired) electrons. The minimum Gasteiger partial charge on any atom is -0.378 e. The molecule has 1 aromatic heterocycles. The number of anilines is 2. The summed E-state index contributed by atoms with van der Waals surface area (Å²) in [5.74, 6) is -0.244. The molecule has 0 atom stereocenters. The molecule has 12 nitrogen and oxygen atoms in total. The van der Waals surface area contributed by atoms with Crippen LogP contribution in [0.2, 0.25) is 0 Å². The number of nitro benzene ring substituents is 1. The monoisotopic (exact) mass is 488 g/mol. The van der Waals surface area contributed by atoms with Crippen molar-refractivity contribution < 1.29 is 18.1 Å². The quantitative estimate of drug-likeness (QED) is 0.235. The number of carbonyl (C=O) groups is 1. The number of hydrogen-bond acceptors (Lipinski definition) is 7. The summed E-state index contributed by atoms with van der Waals surface area (Å²) in [6.07, 6.45) is 0. The van der Waals surface area contributed by atoms with E-state index < -0.39 is 26.2 Å². The Morgan fingerprint density at radius 1 is 1.12 bits per heavy atom. The van der Waals surface area contributed by atoms with Crippen molar-refractivity contribution in [3.63, 3.8) is 0 Å². The maximum absolute atomic E-state index is 13.0. The number of benzene rings is 2. The van der Waals surface area contributed by atoms with Crippen LogP contribution in [0, 0.1) is 17.0 Å². The second kappa shape index (κ2) is 9.79. The molecule has 1 amide bonds. The fourth-order valence-electron chi connectivity index (χ4n) is 3.29. The largest absolute Gasteiger partial charge is 0.378 e. The molecular formula is C21H24N6O6S. The molecule has 180 valence electrons. The summed E-state index contributed by atoms with van der Waals surface area (Å²) in [6, 6.07) is 12.1. The van der Waals surface area contributed by atoms with Crippen LogP contribution in [0.5, 0.6) is 0 Å². The molecule has 0 saturated heterocycles. The van der Waals surface area contributed by atoms with Gasteiger partial charge in [-0.2, -0.15) is 0 Å². The summed E-state index contributed by atoms with van der Waals surface area (Å²) in [6.45, 7) is 3.36. The zero-order valence-corrected chi connectivity index (χ0v) is 19.5. The molecule has 34 heavy (non-hydrogen) atoms. The lowest BCUT2D eigenvalue weighted by Gasteiger charge is -2.10. The SMILES string of the molecule is CC(=O)NCCNc1ccc(S(=O)(=O)Nc2c(C)n(C)n(-c3ccccc3)c2=O)cc1[N+](=O)[O-]. The van der Waals surface area contributed by atoms with Gasteiger partial charge in [-0.3, -0.25) is 29.1 Å². The first kappa shape index (κ1) is 24.5. The van der Waals surface area contributed by atoms with E-state index in [0.29, 0.717) is 11.4 Å². The van der Waals surface area contributed by atoms with E-state index in [1.165, 1.54) is 28.4 Å². The van der Waals surface area contributed by atoms with Gasteiger partial charge in [-0.05, 0) is 31.2 Å². The second-order valence-corrected chi connectivity index (χ2v) is 9.07. The number of hydrogen-bond donors (Lipinski definition) is 3. The van der Waals surface area contributed by atoms with E-state index in [2.05, 4.69) is 15.4 Å². The molecule has 0 bridgehead atoms. The highest BCUT2D eigenvalue weighted by Crippen LogP contribution is 2.28. The van der Waals surface area contributed by atoms with Gasteiger partial charge in [-0.15, -0.1) is 0 Å². The Kier molecular flexibility index (Phi) is 7.05. The highest BCUT2D eigenvalue weighted by molar-refractivity contribution is 7.92. The number of amides is 1. The van der Waals surface area contributed by atoms with Crippen LogP contribution in [0.1, 0.15) is 12.6 Å². The zero-order chi connectivity index (χ0) is 25.0. The second-order valence-electron chi connectivity index (χ2n) is 7.39. The Hall–Kier alpha value is -4.13. The molecule has 1 heterocycles. The Morgan fingerprint density at radius 3 is 2.41 bits per heavy atom. The third kappa shape index (κ3) is 5.09. The van der Waals surface area contributed by atoms with Gasteiger partial charge in [0, 0.05) is 33.1 Å². The van der Waals surface area contributed by atoms with Crippen LogP contribution in [0.4, 0.5) is 17.1 Å². The summed E-state index contributed by atoms with van der Waals surface area (Å²) in [4.78, 5) is 34.4. The van der Waals surface area contributed by atoms with E-state index in [-0.39, 0.29) is 35.3 Å². The first-order chi connectivity index (χ1) is 16.0. The molecule has 2 aromatic carbocycles. The van der Waals surface area contributed by atoms with Gasteiger partial charge < -0.3 is 10.6 Å². The summed E-state index contributed by atoms with van der Waals surface area (Å²) in [5.41, 5.74) is -0.196. The van der Waals surface area contributed by atoms with Crippen LogP contribution in [-0.2, 0) is 21.9 Å². The molecule has 13 heteroatoms. The predicted octanol–water partition coefficient (Wildman–Crippen LogP) is 1.74. The fourth-order valence-corrected chi connectivity index (χ4v) is 4.43. The molecule has 3 aromatic rings. The molecule has 0 spiro atoms. The third-order valence-electron chi connectivity index (χ3n) is 5.08. The van der Waals surface area contributed by atoms with Gasteiger partial charge >= 0.3 is 0 Å². The number of rotatable bonds is 9. The molecule has 3 N–H and O–H groups in total. The number of nitro groups is 1. The molecule has 0 aliphatic carbocycles. The molecular weight excluding hydrogens is 464 g/mol. The van der Waals surface area contributed by atoms with Crippen LogP contribution < -0.4 is 20.9 Å². The van der Waals surface area contributed by atoms with Gasteiger partial charge in [0.05, 0.1) is 21.2 Å². The van der Waals surface area contributed by atoms with Gasteiger partial charge in [0.15, 0.2) is 0 Å². The highest BCUT2D eigenvalue weighted by atomic mass is 32.2. The van der Waals surface area contributed by atoms with Crippen molar-refractivity contribution in [1.82, 2.24) is 14.7 Å². The van der Waals surface area contributed by atoms with E-state index in [0.717, 1.165) is 6.07 Å². The molecule has 0 saturated carbocycles. The number of carbonyl (C=O) groups excluding carboxylic acids is 1. The predicted molar refractivity (Wildman–Crippen MR) is 127 cm³/mol. The number of nitrogens with zero attached hydrogens (tertiary/aromatic N) is 3. The Balaban J connectivity index is 1.93. The first-order valence-corrected chi connectivity index (χ1v) is 11.6. The third-order valence-corrected chi connectivity index (χ3v) is 6.43. The number of sulfonamides is 1. The molecule has 3 rings (SSSR count). The van der Waals surface area contributed by atoms with Crippen molar-refractivity contribution in [2.75, 3.05) is 23.1 Å². The average molecular weight is 489 g/mol. The van der Waals surface area contributed by atoms with E-state index in [1.54, 1.807) is 44.3 Å². The van der Waals surface area contributed by atoms with Crippen LogP contribution in [0.15, 0.2) is 58.2 Å². The standard InChI is InChI=1S/C21H24N6O6S/c1-14-20(21(29)26(25(14)3)16-7-5-4-6-8-16)24-34(32,33)17-9-10-18(19(13-17)27(30)31)23-12-11-22-15(2)28/h4-10,13,23-24H,11-12H2,1-3H3,(H,22,28). The molecule has 0 fully saturated rings. The topological polar surface area (TPSA) is 157 Å². The summed E-state index contributed by atoms with van der Waals surface area (Å²) >= 11 is 0. The molecule has 0 unspecified atom stereocenters. The number of para-hydroxylation sites is 1. The van der Waals surface area contributed by atoms with Crippen molar-refractivity contribution in [3.8, 4) is 5.69 Å². The van der Waals surface area contributed by atoms with Crippen LogP contribution in [-0.4, -0.2) is 41.7 Å². The van der Waals surface area contributed by atoms with E-state index >= 15 is 0 Å². The van der Waals surface area contributed by atoms with Crippen molar-refractivity contribution in [2.45, 2.75) is 18.7 Å². The summed E-state index contributed by atoms with van der Waals surface area (Å²) in [7, 11) is -2.70. The van der Waals surface area contributed by atoms with Crippen molar-refractivity contribution in [2.24, 2.45) is 7.05 Å². The Morgan fingerprint density at radius 2 is 1.79 bits per heavy atom. The Bertz CT molecular complexity index is 1400. The lowest BCUT2D eigenvalue weighted by Crippen LogP contribution is -2.26. The van der Waals surface area contributed by atoms with Crippen LogP contribution in [0.3, 0.4) is 0 Å². The summed E-state index contributed by atoms with van der Waals surface area (Å²) < 4.78 is 31.2. The van der Waals surface area contributed by atoms with Gasteiger partial charge in [-0.25, -0.2) is 13.1 Å². The van der Waals surface area contributed by atoms with Crippen molar-refractivity contribution in [3.05, 3.63) is 74.7 Å².